The third kappa shape index (κ3) is 5.35. The molecule has 6 rings (SSSR count). The van der Waals surface area contributed by atoms with Crippen LogP contribution in [0.5, 0.6) is 0 Å². The number of hydrogen-bond donors (Lipinski definition) is 2. The van der Waals surface area contributed by atoms with Crippen molar-refractivity contribution in [3.63, 3.8) is 0 Å². The van der Waals surface area contributed by atoms with Gasteiger partial charge in [0.05, 0.1) is 22.8 Å². The van der Waals surface area contributed by atoms with Gasteiger partial charge in [-0.1, -0.05) is 12.7 Å². The van der Waals surface area contributed by atoms with Crippen LogP contribution in [0.3, 0.4) is 0 Å². The maximum absolute atomic E-state index is 12.0. The predicted molar refractivity (Wildman–Crippen MR) is 177 cm³/mol. The Labute approximate surface area is 253 Å². The van der Waals surface area contributed by atoms with E-state index >= 15 is 0 Å². The second kappa shape index (κ2) is 11.1. The summed E-state index contributed by atoms with van der Waals surface area (Å²) in [6, 6.07) is 8.56. The fraction of sp³-hybridized carbons (Fsp3) is 0.351. The Morgan fingerprint density at radius 2 is 1.37 bits per heavy atom. The van der Waals surface area contributed by atoms with Gasteiger partial charge in [-0.3, -0.25) is 0 Å². The molecule has 6 nitrogen and oxygen atoms in total. The molecule has 0 saturated heterocycles. The molecule has 0 aromatic carbocycles. The number of rotatable bonds is 8. The molecule has 220 valence electrons. The Bertz CT molecular complexity index is 1940. The van der Waals surface area contributed by atoms with Crippen molar-refractivity contribution in [1.29, 1.82) is 0 Å². The predicted octanol–water partition coefficient (Wildman–Crippen LogP) is 8.74. The second-order valence-corrected chi connectivity index (χ2v) is 12.4. The third-order valence-electron chi connectivity index (χ3n) is 9.28. The number of ketones is 2. The molecule has 8 bridgehead atoms. The van der Waals surface area contributed by atoms with Gasteiger partial charge in [-0.2, -0.15) is 0 Å². The highest BCUT2D eigenvalue weighted by molar-refractivity contribution is 5.97. The van der Waals surface area contributed by atoms with E-state index in [1.165, 1.54) is 24.0 Å². The number of aromatic nitrogens is 4. The van der Waals surface area contributed by atoms with Gasteiger partial charge in [0.15, 0.2) is 0 Å². The summed E-state index contributed by atoms with van der Waals surface area (Å²) < 4.78 is 0. The number of Topliss-reactive ketones (excluding diaryl/α,β-unsaturated/α-hetero) is 2. The quantitative estimate of drug-likeness (QED) is 0.282. The zero-order valence-electron chi connectivity index (χ0n) is 26.1. The number of H-pyrrole nitrogens is 2. The van der Waals surface area contributed by atoms with Crippen molar-refractivity contribution in [2.45, 2.75) is 80.1 Å². The Morgan fingerprint density at radius 3 is 2.05 bits per heavy atom. The molecule has 2 aliphatic heterocycles. The minimum absolute atomic E-state index is 0.159. The lowest BCUT2D eigenvalue weighted by Crippen LogP contribution is -1.95. The SMILES string of the molecule is C=Cc1c(C)c2cc3nc(cc4nc(cc5[nH]c(cc1[nH]2)c(C)c5CCC(C)=O)C(CCC(C)=O)=C4C)C(C)=C3C1CC1. The van der Waals surface area contributed by atoms with E-state index in [0.717, 1.165) is 78.2 Å². The number of aromatic amines is 2. The topological polar surface area (TPSA) is 91.5 Å². The lowest BCUT2D eigenvalue weighted by atomic mass is 9.98. The summed E-state index contributed by atoms with van der Waals surface area (Å²) in [4.78, 5) is 41.7. The molecule has 0 radical (unpaired) electrons. The third-order valence-corrected chi connectivity index (χ3v) is 9.28. The summed E-state index contributed by atoms with van der Waals surface area (Å²) in [5.74, 6) is 0.861. The summed E-state index contributed by atoms with van der Waals surface area (Å²) in [5.41, 5.74) is 16.8. The molecule has 0 atom stereocenters. The molecule has 3 aromatic rings. The largest absolute Gasteiger partial charge is 0.355 e. The molecule has 6 heteroatoms. The number of carbonyl (C=O) groups is 2. The summed E-state index contributed by atoms with van der Waals surface area (Å²) in [7, 11) is 0. The van der Waals surface area contributed by atoms with E-state index in [1.54, 1.807) is 13.8 Å². The van der Waals surface area contributed by atoms with Crippen LogP contribution >= 0.6 is 0 Å². The van der Waals surface area contributed by atoms with Crippen molar-refractivity contribution < 1.29 is 9.59 Å². The standard InChI is InChI=1S/C37H40N4O2/c1-8-26-21(4)31-17-36-37(25-11-12-25)24(7)32(41-36)15-29-22(5)27(13-9-19(2)42)34(39-29)18-35-28(14-10-20(3)43)23(6)30(40-35)16-33(26)38-31/h8,15-18,25,38,40H,1,9-14H2,2-7H3. The summed E-state index contributed by atoms with van der Waals surface area (Å²) in [6.45, 7) is 15.9. The minimum Gasteiger partial charge on any atom is -0.355 e. The van der Waals surface area contributed by atoms with E-state index in [0.29, 0.717) is 31.6 Å². The van der Waals surface area contributed by atoms with Crippen LogP contribution in [0.4, 0.5) is 0 Å². The first-order valence-corrected chi connectivity index (χ1v) is 15.3. The van der Waals surface area contributed by atoms with Gasteiger partial charge in [0, 0.05) is 40.5 Å². The first-order valence-electron chi connectivity index (χ1n) is 15.3. The molecule has 0 unspecified atom stereocenters. The van der Waals surface area contributed by atoms with E-state index in [-0.39, 0.29) is 11.6 Å². The zero-order chi connectivity index (χ0) is 30.6. The van der Waals surface area contributed by atoms with Crippen LogP contribution in [0.25, 0.3) is 50.4 Å². The van der Waals surface area contributed by atoms with Crippen LogP contribution < -0.4 is 0 Å². The lowest BCUT2D eigenvalue weighted by molar-refractivity contribution is -0.117. The van der Waals surface area contributed by atoms with E-state index in [4.69, 9.17) is 9.97 Å². The average Bonchev–Trinajstić information content (AvgIpc) is 3.50. The number of fused-ring (bicyclic) bond motifs is 8. The summed E-state index contributed by atoms with van der Waals surface area (Å²) in [6.07, 6.45) is 6.49. The van der Waals surface area contributed by atoms with Crippen LogP contribution in [-0.4, -0.2) is 31.5 Å². The number of nitrogens with zero attached hydrogens (tertiary/aromatic N) is 2. The van der Waals surface area contributed by atoms with Gasteiger partial charge < -0.3 is 19.6 Å². The number of nitrogens with one attached hydrogen (secondary N) is 2. The Hall–Kier alpha value is -4.32. The van der Waals surface area contributed by atoms with Crippen LogP contribution in [0, 0.1) is 19.8 Å². The fourth-order valence-corrected chi connectivity index (χ4v) is 6.54. The smallest absolute Gasteiger partial charge is 0.130 e. The van der Waals surface area contributed by atoms with Gasteiger partial charge in [0.25, 0.3) is 0 Å². The van der Waals surface area contributed by atoms with Gasteiger partial charge >= 0.3 is 0 Å². The highest BCUT2D eigenvalue weighted by atomic mass is 16.1. The molecule has 1 fully saturated rings. The Kier molecular flexibility index (Phi) is 7.41. The molecular formula is C37H40N4O2. The van der Waals surface area contributed by atoms with Crippen molar-refractivity contribution in [2.24, 2.45) is 5.92 Å². The second-order valence-electron chi connectivity index (χ2n) is 12.4. The zero-order valence-corrected chi connectivity index (χ0v) is 26.1. The maximum atomic E-state index is 12.0. The van der Waals surface area contributed by atoms with Crippen molar-refractivity contribution in [3.8, 4) is 0 Å². The normalized spacial score (nSPS) is 14.9. The minimum atomic E-state index is 0.159. The molecule has 0 amide bonds. The van der Waals surface area contributed by atoms with Crippen molar-refractivity contribution in [2.75, 3.05) is 0 Å². The fourth-order valence-electron chi connectivity index (χ4n) is 6.54. The van der Waals surface area contributed by atoms with Crippen LogP contribution in [0.2, 0.25) is 0 Å². The van der Waals surface area contributed by atoms with E-state index in [1.807, 2.05) is 6.08 Å². The molecule has 3 aliphatic rings. The summed E-state index contributed by atoms with van der Waals surface area (Å²) in [5, 5.41) is 0. The van der Waals surface area contributed by atoms with E-state index in [2.05, 4.69) is 68.5 Å². The van der Waals surface area contributed by atoms with E-state index < -0.39 is 0 Å². The average molecular weight is 573 g/mol. The van der Waals surface area contributed by atoms with Crippen LogP contribution in [0.1, 0.15) is 105 Å². The molecule has 43 heavy (non-hydrogen) atoms. The van der Waals surface area contributed by atoms with Gasteiger partial charge in [-0.25, -0.2) is 9.97 Å². The molecular weight excluding hydrogens is 532 g/mol. The molecule has 3 aromatic heterocycles. The van der Waals surface area contributed by atoms with Crippen LogP contribution in [-0.2, 0) is 16.0 Å². The molecule has 0 spiro atoms. The molecule has 1 aliphatic carbocycles. The highest BCUT2D eigenvalue weighted by Gasteiger charge is 2.32. The number of aryl methyl sites for hydroxylation is 3. The van der Waals surface area contributed by atoms with Gasteiger partial charge in [-0.05, 0) is 136 Å². The number of hydrogen-bond acceptors (Lipinski definition) is 4. The Morgan fingerprint density at radius 1 is 0.767 bits per heavy atom. The Balaban J connectivity index is 1.73. The van der Waals surface area contributed by atoms with Crippen molar-refractivity contribution in [1.82, 2.24) is 19.9 Å². The molecule has 2 N–H and O–H groups in total. The molecule has 5 heterocycles. The number of carbonyl (C=O) groups excluding carboxylic acids is 2. The van der Waals surface area contributed by atoms with Crippen molar-refractivity contribution in [3.05, 3.63) is 75.9 Å². The maximum Gasteiger partial charge on any atom is 0.130 e. The van der Waals surface area contributed by atoms with Gasteiger partial charge in [0.1, 0.15) is 11.6 Å². The van der Waals surface area contributed by atoms with Crippen molar-refractivity contribution >= 4 is 62.0 Å². The highest BCUT2D eigenvalue weighted by Crippen LogP contribution is 2.47. The lowest BCUT2D eigenvalue weighted by Gasteiger charge is -2.04. The van der Waals surface area contributed by atoms with E-state index in [9.17, 15) is 9.59 Å². The van der Waals surface area contributed by atoms with Gasteiger partial charge in [-0.15, -0.1) is 0 Å². The first-order chi connectivity index (χ1) is 20.5. The van der Waals surface area contributed by atoms with Gasteiger partial charge in [0.2, 0.25) is 0 Å². The van der Waals surface area contributed by atoms with Crippen LogP contribution in [0.15, 0.2) is 30.8 Å². The molecule has 1 saturated carbocycles. The first kappa shape index (κ1) is 28.8. The number of allylic oxidation sites excluding steroid dienone is 4. The monoisotopic (exact) mass is 572 g/mol. The summed E-state index contributed by atoms with van der Waals surface area (Å²) >= 11 is 0.